The molecule has 1 fully saturated rings. The van der Waals surface area contributed by atoms with Gasteiger partial charge in [0.15, 0.2) is 23.3 Å². The summed E-state index contributed by atoms with van der Waals surface area (Å²) in [4.78, 5) is 12.7. The summed E-state index contributed by atoms with van der Waals surface area (Å²) in [6.45, 7) is 2.67. The number of rotatable bonds is 5. The fourth-order valence-electron chi connectivity index (χ4n) is 3.65. The van der Waals surface area contributed by atoms with Gasteiger partial charge in [0.25, 0.3) is 0 Å². The summed E-state index contributed by atoms with van der Waals surface area (Å²) >= 11 is 0. The lowest BCUT2D eigenvalue weighted by molar-refractivity contribution is -0.120. The van der Waals surface area contributed by atoms with E-state index in [2.05, 4.69) is 10.4 Å². The summed E-state index contributed by atoms with van der Waals surface area (Å²) in [5.74, 6) is -11.1. The van der Waals surface area contributed by atoms with Crippen LogP contribution < -0.4 is 5.32 Å². The van der Waals surface area contributed by atoms with Crippen LogP contribution in [0.1, 0.15) is 29.8 Å². The molecule has 0 spiro atoms. The molecule has 0 atom stereocenters. The van der Waals surface area contributed by atoms with E-state index >= 15 is 0 Å². The van der Waals surface area contributed by atoms with Crippen molar-refractivity contribution in [1.29, 1.82) is 0 Å². The van der Waals surface area contributed by atoms with Gasteiger partial charge in [0.2, 0.25) is 21.7 Å². The SMILES string of the molecule is Cc1nn(Cc2c(F)c(F)c(F)c(F)c2F)c(C)c1NC(=O)C1CCN(S(C)(=O)=O)CC1. The smallest absolute Gasteiger partial charge is 0.227 e. The Labute approximate surface area is 181 Å². The second kappa shape index (κ2) is 8.77. The molecule has 1 aliphatic heterocycles. The molecule has 1 aromatic carbocycles. The first-order valence-electron chi connectivity index (χ1n) is 9.63. The number of halogens is 5. The standard InChI is InChI=1S/C19H21F5N4O3S/c1-9-18(25-19(29)11-4-6-27(7-5-11)32(3,30)31)10(2)28(26-9)8-12-13(20)15(22)17(24)16(23)14(12)21/h11H,4-8H2,1-3H3,(H,25,29). The predicted molar refractivity (Wildman–Crippen MR) is 105 cm³/mol. The number of nitrogens with one attached hydrogen (secondary N) is 1. The third-order valence-electron chi connectivity index (χ3n) is 5.53. The summed E-state index contributed by atoms with van der Waals surface area (Å²) in [7, 11) is -3.34. The van der Waals surface area contributed by atoms with Crippen molar-refractivity contribution in [2.45, 2.75) is 33.2 Å². The van der Waals surface area contributed by atoms with E-state index in [1.807, 2.05) is 0 Å². The van der Waals surface area contributed by atoms with Crippen LogP contribution in [0.15, 0.2) is 0 Å². The number of aryl methyl sites for hydroxylation is 1. The van der Waals surface area contributed by atoms with Gasteiger partial charge in [0.1, 0.15) is 0 Å². The van der Waals surface area contributed by atoms with E-state index in [0.717, 1.165) is 10.9 Å². The Bertz CT molecular complexity index is 1150. The lowest BCUT2D eigenvalue weighted by Crippen LogP contribution is -2.41. The molecule has 1 N–H and O–H groups in total. The molecule has 2 aromatic rings. The highest BCUT2D eigenvalue weighted by molar-refractivity contribution is 7.88. The molecule has 0 bridgehead atoms. The van der Waals surface area contributed by atoms with Gasteiger partial charge in [-0.3, -0.25) is 9.48 Å². The van der Waals surface area contributed by atoms with Crippen LogP contribution in [0.2, 0.25) is 0 Å². The maximum atomic E-state index is 14.0. The highest BCUT2D eigenvalue weighted by Gasteiger charge is 2.30. The minimum Gasteiger partial charge on any atom is -0.323 e. The summed E-state index contributed by atoms with van der Waals surface area (Å²) in [5, 5.41) is 6.74. The van der Waals surface area contributed by atoms with Crippen molar-refractivity contribution < 1.29 is 35.2 Å². The molecule has 32 heavy (non-hydrogen) atoms. The molecule has 0 unspecified atom stereocenters. The number of hydrogen-bond acceptors (Lipinski definition) is 4. The van der Waals surface area contributed by atoms with Gasteiger partial charge in [-0.2, -0.15) is 5.10 Å². The number of nitrogens with zero attached hydrogens (tertiary/aromatic N) is 3. The first kappa shape index (κ1) is 24.1. The van der Waals surface area contributed by atoms with E-state index in [4.69, 9.17) is 0 Å². The van der Waals surface area contributed by atoms with E-state index < -0.39 is 57.1 Å². The largest absolute Gasteiger partial charge is 0.323 e. The quantitative estimate of drug-likeness (QED) is 0.405. The number of hydrogen-bond donors (Lipinski definition) is 1. The minimum atomic E-state index is -3.34. The number of aromatic nitrogens is 2. The molecule has 0 radical (unpaired) electrons. The van der Waals surface area contributed by atoms with Crippen LogP contribution in [0.4, 0.5) is 27.6 Å². The van der Waals surface area contributed by atoms with Gasteiger partial charge in [-0.1, -0.05) is 0 Å². The van der Waals surface area contributed by atoms with Crippen molar-refractivity contribution in [2.24, 2.45) is 5.92 Å². The van der Waals surface area contributed by atoms with E-state index in [-0.39, 0.29) is 36.1 Å². The molecule has 176 valence electrons. The van der Waals surface area contributed by atoms with E-state index in [1.54, 1.807) is 0 Å². The van der Waals surface area contributed by atoms with Crippen LogP contribution in [0.25, 0.3) is 0 Å². The molecule has 3 rings (SSSR count). The maximum absolute atomic E-state index is 14.0. The Hall–Kier alpha value is -2.54. The van der Waals surface area contributed by atoms with Gasteiger partial charge < -0.3 is 5.32 Å². The molecule has 0 aliphatic carbocycles. The number of piperidine rings is 1. The second-order valence-electron chi connectivity index (χ2n) is 7.68. The zero-order valence-electron chi connectivity index (χ0n) is 17.5. The first-order valence-corrected chi connectivity index (χ1v) is 11.5. The summed E-state index contributed by atoms with van der Waals surface area (Å²) in [6.07, 6.45) is 1.73. The van der Waals surface area contributed by atoms with Gasteiger partial charge in [-0.05, 0) is 26.7 Å². The van der Waals surface area contributed by atoms with Gasteiger partial charge in [0.05, 0.1) is 35.4 Å². The van der Waals surface area contributed by atoms with Gasteiger partial charge >= 0.3 is 0 Å². The van der Waals surface area contributed by atoms with E-state index in [0.29, 0.717) is 12.8 Å². The number of anilines is 1. The van der Waals surface area contributed by atoms with Gasteiger partial charge in [0, 0.05) is 19.0 Å². The van der Waals surface area contributed by atoms with Crippen molar-refractivity contribution in [3.63, 3.8) is 0 Å². The first-order chi connectivity index (χ1) is 14.8. The second-order valence-corrected chi connectivity index (χ2v) is 9.66. The molecule has 1 saturated heterocycles. The third-order valence-corrected chi connectivity index (χ3v) is 6.84. The Balaban J connectivity index is 1.79. The van der Waals surface area contributed by atoms with Crippen LogP contribution in [-0.4, -0.2) is 47.8 Å². The van der Waals surface area contributed by atoms with Crippen LogP contribution in [0, 0.1) is 48.9 Å². The average Bonchev–Trinajstić information content (AvgIpc) is 3.00. The van der Waals surface area contributed by atoms with Crippen molar-refractivity contribution in [2.75, 3.05) is 24.7 Å². The Morgan fingerprint density at radius 2 is 1.50 bits per heavy atom. The molecular weight excluding hydrogens is 459 g/mol. The highest BCUT2D eigenvalue weighted by Crippen LogP contribution is 2.27. The Morgan fingerprint density at radius 1 is 1.00 bits per heavy atom. The zero-order valence-corrected chi connectivity index (χ0v) is 18.3. The number of carbonyl (C=O) groups excluding carboxylic acids is 1. The molecule has 1 aromatic heterocycles. The number of benzene rings is 1. The molecule has 1 aliphatic rings. The van der Waals surface area contributed by atoms with Crippen molar-refractivity contribution in [3.05, 3.63) is 46.0 Å². The number of carbonyl (C=O) groups is 1. The molecule has 13 heteroatoms. The third kappa shape index (κ3) is 4.49. The maximum Gasteiger partial charge on any atom is 0.227 e. The van der Waals surface area contributed by atoms with Crippen LogP contribution in [-0.2, 0) is 21.4 Å². The van der Waals surface area contributed by atoms with Crippen molar-refractivity contribution >= 4 is 21.6 Å². The normalized spacial score (nSPS) is 15.9. The Morgan fingerprint density at radius 3 is 2.00 bits per heavy atom. The monoisotopic (exact) mass is 480 g/mol. The lowest BCUT2D eigenvalue weighted by atomic mass is 9.97. The van der Waals surface area contributed by atoms with Crippen LogP contribution >= 0.6 is 0 Å². The lowest BCUT2D eigenvalue weighted by Gasteiger charge is -2.29. The molecule has 1 amide bonds. The van der Waals surface area contributed by atoms with Crippen LogP contribution in [0.5, 0.6) is 0 Å². The number of sulfonamides is 1. The summed E-state index contributed by atoms with van der Waals surface area (Å²) < 4.78 is 93.8. The molecule has 2 heterocycles. The summed E-state index contributed by atoms with van der Waals surface area (Å²) in [6, 6.07) is 0. The Kier molecular flexibility index (Phi) is 6.61. The van der Waals surface area contributed by atoms with Gasteiger partial charge in [-0.15, -0.1) is 0 Å². The molecule has 0 saturated carbocycles. The summed E-state index contributed by atoms with van der Waals surface area (Å²) in [5.41, 5.74) is -0.246. The van der Waals surface area contributed by atoms with Crippen LogP contribution in [0.3, 0.4) is 0 Å². The van der Waals surface area contributed by atoms with Crippen molar-refractivity contribution in [3.8, 4) is 0 Å². The molecular formula is C19H21F5N4O3S. The number of amides is 1. The fraction of sp³-hybridized carbons (Fsp3) is 0.474. The van der Waals surface area contributed by atoms with E-state index in [9.17, 15) is 35.2 Å². The fourth-order valence-corrected chi connectivity index (χ4v) is 4.52. The highest BCUT2D eigenvalue weighted by atomic mass is 32.2. The topological polar surface area (TPSA) is 84.3 Å². The van der Waals surface area contributed by atoms with Gasteiger partial charge in [-0.25, -0.2) is 34.7 Å². The zero-order chi connectivity index (χ0) is 24.0. The molecule has 7 nitrogen and oxygen atoms in total. The predicted octanol–water partition coefficient (Wildman–Crippen LogP) is 2.85. The average molecular weight is 480 g/mol. The van der Waals surface area contributed by atoms with Crippen molar-refractivity contribution in [1.82, 2.24) is 14.1 Å². The van der Waals surface area contributed by atoms with E-state index in [1.165, 1.54) is 18.2 Å². The minimum absolute atomic E-state index is 0.203.